The number of nitrogens with zero attached hydrogens (tertiary/aromatic N) is 1. The van der Waals surface area contributed by atoms with E-state index in [0.717, 1.165) is 15.2 Å². The molecule has 2 aromatic carbocycles. The van der Waals surface area contributed by atoms with Gasteiger partial charge in [0.05, 0.1) is 37.4 Å². The largest absolute Gasteiger partial charge is 0.453 e. The first-order valence-electron chi connectivity index (χ1n) is 8.23. The number of aromatic nitrogens is 1. The average Bonchev–Trinajstić information content (AvgIpc) is 3.06. The molecule has 0 aliphatic heterocycles. The molecule has 0 fully saturated rings. The first-order valence-corrected chi connectivity index (χ1v) is 9.80. The second-order valence-electron chi connectivity index (χ2n) is 5.80. The van der Waals surface area contributed by atoms with E-state index in [-0.39, 0.29) is 11.4 Å². The van der Waals surface area contributed by atoms with Crippen molar-refractivity contribution in [3.63, 3.8) is 0 Å². The van der Waals surface area contributed by atoms with Gasteiger partial charge >= 0.3 is 5.97 Å². The first-order chi connectivity index (χ1) is 12.9. The number of amides is 1. The Morgan fingerprint density at radius 2 is 1.96 bits per heavy atom. The summed E-state index contributed by atoms with van der Waals surface area (Å²) in [4.78, 5) is 28.7. The summed E-state index contributed by atoms with van der Waals surface area (Å²) < 4.78 is 6.28. The van der Waals surface area contributed by atoms with E-state index in [9.17, 15) is 9.59 Å². The number of thiazole rings is 1. The Morgan fingerprint density at radius 3 is 2.74 bits per heavy atom. The second kappa shape index (κ2) is 8.69. The Hall–Kier alpha value is -2.15. The number of para-hydroxylation sites is 1. The lowest BCUT2D eigenvalue weighted by Crippen LogP contribution is -2.30. The van der Waals surface area contributed by atoms with Crippen molar-refractivity contribution in [1.82, 2.24) is 4.98 Å². The number of hydrogen-bond acceptors (Lipinski definition) is 5. The summed E-state index contributed by atoms with van der Waals surface area (Å²) in [5.41, 5.74) is 1.28. The molecule has 0 saturated carbocycles. The van der Waals surface area contributed by atoms with Crippen molar-refractivity contribution in [2.45, 2.75) is 25.9 Å². The van der Waals surface area contributed by atoms with Crippen molar-refractivity contribution in [1.29, 1.82) is 0 Å². The second-order valence-corrected chi connectivity index (χ2v) is 7.70. The van der Waals surface area contributed by atoms with Gasteiger partial charge in [0.15, 0.2) is 6.10 Å². The number of rotatable bonds is 6. The number of nitrogens with one attached hydrogen (secondary N) is 1. The number of esters is 1. The Bertz CT molecular complexity index is 957. The molecule has 1 aromatic heterocycles. The molecule has 0 radical (unpaired) electrons. The van der Waals surface area contributed by atoms with Crippen LogP contribution in [0.15, 0.2) is 42.5 Å². The van der Waals surface area contributed by atoms with Gasteiger partial charge in [0.25, 0.3) is 5.91 Å². The van der Waals surface area contributed by atoms with Crippen molar-refractivity contribution < 1.29 is 14.3 Å². The minimum Gasteiger partial charge on any atom is -0.453 e. The summed E-state index contributed by atoms with van der Waals surface area (Å²) in [5.74, 6) is -0.943. The molecule has 0 aliphatic rings. The van der Waals surface area contributed by atoms with Crippen molar-refractivity contribution in [2.75, 3.05) is 5.32 Å². The molecule has 27 heavy (non-hydrogen) atoms. The molecule has 140 valence electrons. The third-order valence-electron chi connectivity index (χ3n) is 3.77. The molecular weight excluding hydrogens is 407 g/mol. The fraction of sp³-hybridized carbons (Fsp3) is 0.211. The Morgan fingerprint density at radius 1 is 1.19 bits per heavy atom. The van der Waals surface area contributed by atoms with Crippen LogP contribution in [0, 0.1) is 0 Å². The van der Waals surface area contributed by atoms with E-state index >= 15 is 0 Å². The van der Waals surface area contributed by atoms with Gasteiger partial charge < -0.3 is 10.1 Å². The summed E-state index contributed by atoms with van der Waals surface area (Å²) >= 11 is 13.5. The minimum absolute atomic E-state index is 0.148. The molecule has 1 atom stereocenters. The molecule has 0 aliphatic carbocycles. The number of hydrogen-bond donors (Lipinski definition) is 1. The molecule has 0 spiro atoms. The normalized spacial score (nSPS) is 12.0. The Balaban J connectivity index is 1.52. The fourth-order valence-corrected chi connectivity index (χ4v) is 3.69. The van der Waals surface area contributed by atoms with Crippen LogP contribution in [0.1, 0.15) is 18.4 Å². The van der Waals surface area contributed by atoms with Crippen molar-refractivity contribution in [3.8, 4) is 0 Å². The summed E-state index contributed by atoms with van der Waals surface area (Å²) in [6, 6.07) is 12.7. The van der Waals surface area contributed by atoms with Gasteiger partial charge in [-0.2, -0.15) is 0 Å². The molecule has 8 heteroatoms. The molecule has 0 bridgehead atoms. The molecule has 1 amide bonds. The quantitative estimate of drug-likeness (QED) is 0.560. The zero-order valence-corrected chi connectivity index (χ0v) is 16.7. The zero-order chi connectivity index (χ0) is 19.4. The van der Waals surface area contributed by atoms with Crippen LogP contribution in [-0.2, 0) is 20.7 Å². The van der Waals surface area contributed by atoms with Crippen LogP contribution in [-0.4, -0.2) is 23.0 Å². The van der Waals surface area contributed by atoms with E-state index in [4.69, 9.17) is 27.9 Å². The van der Waals surface area contributed by atoms with E-state index in [1.165, 1.54) is 6.92 Å². The third kappa shape index (κ3) is 4.97. The van der Waals surface area contributed by atoms with Crippen LogP contribution < -0.4 is 5.32 Å². The number of carbonyl (C=O) groups excluding carboxylic acids is 2. The number of carbonyl (C=O) groups is 2. The predicted octanol–water partition coefficient (Wildman–Crippen LogP) is 5.11. The van der Waals surface area contributed by atoms with Gasteiger partial charge in [-0.25, -0.2) is 4.98 Å². The lowest BCUT2D eigenvalue weighted by atomic mass is 10.3. The van der Waals surface area contributed by atoms with Gasteiger partial charge in [-0.1, -0.05) is 41.4 Å². The highest BCUT2D eigenvalue weighted by molar-refractivity contribution is 7.18. The highest BCUT2D eigenvalue weighted by Crippen LogP contribution is 2.29. The van der Waals surface area contributed by atoms with E-state index in [0.29, 0.717) is 17.1 Å². The van der Waals surface area contributed by atoms with Crippen LogP contribution in [0.4, 0.5) is 5.69 Å². The van der Waals surface area contributed by atoms with Gasteiger partial charge in [0, 0.05) is 6.42 Å². The fourth-order valence-electron chi connectivity index (χ4n) is 2.38. The maximum absolute atomic E-state index is 12.2. The number of ether oxygens (including phenoxy) is 1. The van der Waals surface area contributed by atoms with Crippen molar-refractivity contribution in [3.05, 3.63) is 57.5 Å². The molecule has 3 aromatic rings. The summed E-state index contributed by atoms with van der Waals surface area (Å²) in [5, 5.41) is 4.03. The van der Waals surface area contributed by atoms with E-state index in [1.807, 2.05) is 24.3 Å². The predicted molar refractivity (Wildman–Crippen MR) is 109 cm³/mol. The topological polar surface area (TPSA) is 68.3 Å². The highest BCUT2D eigenvalue weighted by atomic mass is 35.5. The minimum atomic E-state index is -0.956. The lowest BCUT2D eigenvalue weighted by molar-refractivity contribution is -0.153. The molecular formula is C19H16Cl2N2O3S. The molecule has 3 rings (SSSR count). The smallest absolute Gasteiger partial charge is 0.306 e. The lowest BCUT2D eigenvalue weighted by Gasteiger charge is -2.14. The average molecular weight is 423 g/mol. The molecule has 0 unspecified atom stereocenters. The highest BCUT2D eigenvalue weighted by Gasteiger charge is 2.19. The maximum atomic E-state index is 12.2. The molecule has 5 nitrogen and oxygen atoms in total. The van der Waals surface area contributed by atoms with Crippen LogP contribution >= 0.6 is 34.5 Å². The maximum Gasteiger partial charge on any atom is 0.306 e. The summed E-state index contributed by atoms with van der Waals surface area (Å²) in [6.07, 6.45) is -0.343. The summed E-state index contributed by atoms with van der Waals surface area (Å²) in [6.45, 7) is 1.50. The zero-order valence-electron chi connectivity index (χ0n) is 14.4. The number of aryl methyl sites for hydroxylation is 1. The monoisotopic (exact) mass is 422 g/mol. The molecule has 1 heterocycles. The molecule has 1 N–H and O–H groups in total. The number of fused-ring (bicyclic) bond motifs is 1. The number of benzene rings is 2. The van der Waals surface area contributed by atoms with Crippen LogP contribution in [0.3, 0.4) is 0 Å². The van der Waals surface area contributed by atoms with Crippen LogP contribution in [0.25, 0.3) is 10.2 Å². The Kier molecular flexibility index (Phi) is 6.31. The van der Waals surface area contributed by atoms with Crippen LogP contribution in [0.2, 0.25) is 10.0 Å². The van der Waals surface area contributed by atoms with Gasteiger partial charge in [0.2, 0.25) is 0 Å². The SMILES string of the molecule is C[C@H](OC(=O)CCc1nc2ccccc2s1)C(=O)Nc1cccc(Cl)c1Cl. The van der Waals surface area contributed by atoms with Crippen molar-refractivity contribution in [2.24, 2.45) is 0 Å². The van der Waals surface area contributed by atoms with E-state index in [2.05, 4.69) is 10.3 Å². The number of halogens is 2. The summed E-state index contributed by atoms with van der Waals surface area (Å²) in [7, 11) is 0. The van der Waals surface area contributed by atoms with Gasteiger partial charge in [0.1, 0.15) is 0 Å². The Labute approximate surface area is 170 Å². The van der Waals surface area contributed by atoms with Crippen molar-refractivity contribution >= 4 is 62.3 Å². The van der Waals surface area contributed by atoms with Gasteiger partial charge in [-0.05, 0) is 31.2 Å². The number of anilines is 1. The first kappa shape index (κ1) is 19.6. The third-order valence-corrected chi connectivity index (χ3v) is 5.68. The van der Waals surface area contributed by atoms with Gasteiger partial charge in [-0.3, -0.25) is 9.59 Å². The van der Waals surface area contributed by atoms with E-state index in [1.54, 1.807) is 29.5 Å². The van der Waals surface area contributed by atoms with E-state index < -0.39 is 18.0 Å². The van der Waals surface area contributed by atoms with Crippen LogP contribution in [0.5, 0.6) is 0 Å². The van der Waals surface area contributed by atoms with Gasteiger partial charge in [-0.15, -0.1) is 11.3 Å². The standard InChI is InChI=1S/C19H16Cl2N2O3S/c1-11(19(25)23-14-7-4-5-12(20)18(14)21)26-17(24)10-9-16-22-13-6-2-3-8-15(13)27-16/h2-8,11H,9-10H2,1H3,(H,23,25)/t11-/m0/s1. The molecule has 0 saturated heterocycles.